The second-order valence-electron chi connectivity index (χ2n) is 4.13. The highest BCUT2D eigenvalue weighted by atomic mass is 32.2. The first kappa shape index (κ1) is 12.7. The molecule has 96 valence electrons. The van der Waals surface area contributed by atoms with Crippen LogP contribution in [0.4, 0.5) is 5.13 Å². The lowest BCUT2D eigenvalue weighted by atomic mass is 10.1. The summed E-state index contributed by atoms with van der Waals surface area (Å²) >= 11 is 0.992. The molecule has 1 aromatic rings. The molecule has 17 heavy (non-hydrogen) atoms. The number of rotatable bonds is 3. The molecular weight excluding hydrogens is 262 g/mol. The van der Waals surface area contributed by atoms with E-state index in [2.05, 4.69) is 4.98 Å². The van der Waals surface area contributed by atoms with E-state index in [0.29, 0.717) is 25.2 Å². The van der Waals surface area contributed by atoms with Gasteiger partial charge in [-0.05, 0) is 19.3 Å². The topological polar surface area (TPSA) is 96.5 Å². The van der Waals surface area contributed by atoms with E-state index in [0.717, 1.165) is 11.3 Å². The highest BCUT2D eigenvalue weighted by Crippen LogP contribution is 2.30. The molecule has 0 saturated carbocycles. The number of hydrogen-bond acceptors (Lipinski definition) is 6. The Labute approximate surface area is 104 Å². The zero-order chi connectivity index (χ0) is 12.6. The Balaban J connectivity index is 2.28. The van der Waals surface area contributed by atoms with Crippen LogP contribution in [0.15, 0.2) is 4.21 Å². The monoisotopic (exact) mass is 277 g/mol. The van der Waals surface area contributed by atoms with Crippen molar-refractivity contribution in [3.63, 3.8) is 0 Å². The first-order chi connectivity index (χ1) is 7.95. The van der Waals surface area contributed by atoms with Crippen LogP contribution in [0.25, 0.3) is 0 Å². The molecule has 1 atom stereocenters. The standard InChI is InChI=1S/C9H15N3O3S2/c1-6-8(16-9(10)11-6)17(14,15)12-3-2-7(4-12)5-13/h7,13H,2-5H2,1H3,(H2,10,11). The molecule has 0 aromatic carbocycles. The van der Waals surface area contributed by atoms with Gasteiger partial charge in [0.2, 0.25) is 0 Å². The number of aryl methyl sites for hydroxylation is 1. The van der Waals surface area contributed by atoms with Crippen molar-refractivity contribution in [2.45, 2.75) is 17.6 Å². The number of thiazole rings is 1. The molecule has 1 fully saturated rings. The molecule has 1 aromatic heterocycles. The van der Waals surface area contributed by atoms with Gasteiger partial charge in [-0.15, -0.1) is 0 Å². The van der Waals surface area contributed by atoms with Crippen LogP contribution in [0, 0.1) is 12.8 Å². The zero-order valence-corrected chi connectivity index (χ0v) is 11.1. The quantitative estimate of drug-likeness (QED) is 0.813. The molecule has 1 aliphatic rings. The summed E-state index contributed by atoms with van der Waals surface area (Å²) in [6.45, 7) is 2.48. The van der Waals surface area contributed by atoms with Gasteiger partial charge in [-0.25, -0.2) is 13.4 Å². The molecule has 1 saturated heterocycles. The van der Waals surface area contributed by atoms with E-state index >= 15 is 0 Å². The third kappa shape index (κ3) is 2.30. The van der Waals surface area contributed by atoms with Crippen LogP contribution < -0.4 is 5.73 Å². The number of aliphatic hydroxyl groups excluding tert-OH is 1. The summed E-state index contributed by atoms with van der Waals surface area (Å²) in [4.78, 5) is 3.93. The van der Waals surface area contributed by atoms with Gasteiger partial charge in [-0.2, -0.15) is 4.31 Å². The Kier molecular flexibility index (Phi) is 3.39. The van der Waals surface area contributed by atoms with Crippen molar-refractivity contribution in [2.75, 3.05) is 25.4 Å². The van der Waals surface area contributed by atoms with Crippen molar-refractivity contribution in [3.8, 4) is 0 Å². The van der Waals surface area contributed by atoms with Gasteiger partial charge in [0.15, 0.2) is 9.34 Å². The lowest BCUT2D eigenvalue weighted by molar-refractivity contribution is 0.233. The third-order valence-electron chi connectivity index (χ3n) is 2.85. The summed E-state index contributed by atoms with van der Waals surface area (Å²) in [5.41, 5.74) is 5.96. The van der Waals surface area contributed by atoms with E-state index in [1.165, 1.54) is 4.31 Å². The van der Waals surface area contributed by atoms with Crippen LogP contribution in [-0.4, -0.2) is 42.5 Å². The minimum absolute atomic E-state index is 0.0236. The van der Waals surface area contributed by atoms with Gasteiger partial charge in [0.25, 0.3) is 10.0 Å². The van der Waals surface area contributed by atoms with Crippen LogP contribution in [0.1, 0.15) is 12.1 Å². The van der Waals surface area contributed by atoms with E-state index in [9.17, 15) is 8.42 Å². The van der Waals surface area contributed by atoms with Crippen molar-refractivity contribution in [2.24, 2.45) is 5.92 Å². The van der Waals surface area contributed by atoms with Crippen LogP contribution in [0.2, 0.25) is 0 Å². The molecule has 2 heterocycles. The van der Waals surface area contributed by atoms with E-state index < -0.39 is 10.0 Å². The van der Waals surface area contributed by atoms with Gasteiger partial charge in [0.1, 0.15) is 0 Å². The molecule has 3 N–H and O–H groups in total. The minimum atomic E-state index is -3.49. The van der Waals surface area contributed by atoms with E-state index in [4.69, 9.17) is 10.8 Å². The second-order valence-corrected chi connectivity index (χ2v) is 7.29. The van der Waals surface area contributed by atoms with Gasteiger partial charge in [-0.1, -0.05) is 11.3 Å². The van der Waals surface area contributed by atoms with Crippen molar-refractivity contribution in [3.05, 3.63) is 5.69 Å². The average Bonchev–Trinajstić information content (AvgIpc) is 2.85. The molecule has 0 bridgehead atoms. The Bertz CT molecular complexity index is 512. The normalized spacial score (nSPS) is 22.1. The SMILES string of the molecule is Cc1nc(N)sc1S(=O)(=O)N1CCC(CO)C1. The summed E-state index contributed by atoms with van der Waals surface area (Å²) < 4.78 is 26.2. The lowest BCUT2D eigenvalue weighted by Gasteiger charge is -2.14. The fourth-order valence-corrected chi connectivity index (χ4v) is 4.89. The number of aliphatic hydroxyl groups is 1. The summed E-state index contributed by atoms with van der Waals surface area (Å²) in [7, 11) is -3.49. The van der Waals surface area contributed by atoms with Gasteiger partial charge in [0, 0.05) is 19.7 Å². The average molecular weight is 277 g/mol. The first-order valence-electron chi connectivity index (χ1n) is 5.29. The molecule has 1 unspecified atom stereocenters. The molecular formula is C9H15N3O3S2. The maximum absolute atomic E-state index is 12.3. The molecule has 2 rings (SSSR count). The molecule has 6 nitrogen and oxygen atoms in total. The number of nitrogen functional groups attached to an aromatic ring is 1. The summed E-state index contributed by atoms with van der Waals surface area (Å²) in [5.74, 6) is 0.0374. The van der Waals surface area contributed by atoms with Crippen LogP contribution in [0.5, 0.6) is 0 Å². The highest BCUT2D eigenvalue weighted by Gasteiger charge is 2.34. The second kappa shape index (κ2) is 4.52. The molecule has 1 aliphatic heterocycles. The van der Waals surface area contributed by atoms with Gasteiger partial charge in [0.05, 0.1) is 5.69 Å². The third-order valence-corrected chi connectivity index (χ3v) is 6.29. The Morgan fingerprint density at radius 2 is 2.35 bits per heavy atom. The number of nitrogens with two attached hydrogens (primary N) is 1. The largest absolute Gasteiger partial charge is 0.396 e. The lowest BCUT2D eigenvalue weighted by Crippen LogP contribution is -2.29. The highest BCUT2D eigenvalue weighted by molar-refractivity contribution is 7.91. The summed E-state index contributed by atoms with van der Waals surface area (Å²) in [5, 5.41) is 9.29. The van der Waals surface area contributed by atoms with Gasteiger partial charge in [-0.3, -0.25) is 0 Å². The smallest absolute Gasteiger partial charge is 0.254 e. The fraction of sp³-hybridized carbons (Fsp3) is 0.667. The van der Waals surface area contributed by atoms with Crippen molar-refractivity contribution in [1.29, 1.82) is 0 Å². The van der Waals surface area contributed by atoms with E-state index in [1.807, 2.05) is 0 Å². The van der Waals surface area contributed by atoms with E-state index in [-0.39, 0.29) is 21.9 Å². The predicted molar refractivity (Wildman–Crippen MR) is 65.2 cm³/mol. The van der Waals surface area contributed by atoms with Crippen molar-refractivity contribution >= 4 is 26.5 Å². The molecule has 0 aliphatic carbocycles. The minimum Gasteiger partial charge on any atom is -0.396 e. The number of anilines is 1. The number of nitrogens with zero attached hydrogens (tertiary/aromatic N) is 2. The Morgan fingerprint density at radius 1 is 1.65 bits per heavy atom. The fourth-order valence-electron chi connectivity index (χ4n) is 1.92. The maximum Gasteiger partial charge on any atom is 0.254 e. The van der Waals surface area contributed by atoms with Crippen LogP contribution >= 0.6 is 11.3 Å². The number of sulfonamides is 1. The van der Waals surface area contributed by atoms with Crippen LogP contribution in [-0.2, 0) is 10.0 Å². The summed E-state index contributed by atoms with van der Waals surface area (Å²) in [6, 6.07) is 0. The van der Waals surface area contributed by atoms with Crippen molar-refractivity contribution in [1.82, 2.24) is 9.29 Å². The summed E-state index contributed by atoms with van der Waals surface area (Å²) in [6.07, 6.45) is 0.697. The van der Waals surface area contributed by atoms with Crippen molar-refractivity contribution < 1.29 is 13.5 Å². The number of aromatic nitrogens is 1. The van der Waals surface area contributed by atoms with Gasteiger partial charge >= 0.3 is 0 Å². The number of hydrogen-bond donors (Lipinski definition) is 2. The Morgan fingerprint density at radius 3 is 2.82 bits per heavy atom. The Hall–Kier alpha value is -0.700. The maximum atomic E-state index is 12.3. The molecule has 0 radical (unpaired) electrons. The van der Waals surface area contributed by atoms with Crippen LogP contribution in [0.3, 0.4) is 0 Å². The molecule has 8 heteroatoms. The predicted octanol–water partition coefficient (Wildman–Crippen LogP) is 0.0366. The van der Waals surface area contributed by atoms with Gasteiger partial charge < -0.3 is 10.8 Å². The van der Waals surface area contributed by atoms with E-state index in [1.54, 1.807) is 6.92 Å². The first-order valence-corrected chi connectivity index (χ1v) is 7.54. The molecule has 0 spiro atoms. The molecule has 0 amide bonds. The zero-order valence-electron chi connectivity index (χ0n) is 9.46.